The highest BCUT2D eigenvalue weighted by molar-refractivity contribution is 7.89. The zero-order valence-electron chi connectivity index (χ0n) is 10.5. The van der Waals surface area contributed by atoms with Crippen LogP contribution in [0, 0.1) is 0 Å². The van der Waals surface area contributed by atoms with Gasteiger partial charge in [0.1, 0.15) is 6.54 Å². The normalized spacial score (nSPS) is 10.8. The minimum atomic E-state index is -3.77. The molecule has 0 radical (unpaired) electrons. The first kappa shape index (κ1) is 15.1. The standard InChI is InChI=1S/C11H14N2O5S/c1-8(14)13-9-3-5-10(6-4-9)19(16,17)12-7-11(15)18-2/h3-6,12H,7H2,1-2H3,(H,13,14). The van der Waals surface area contributed by atoms with Gasteiger partial charge in [0, 0.05) is 12.6 Å². The monoisotopic (exact) mass is 286 g/mol. The van der Waals surface area contributed by atoms with Crippen LogP contribution in [0.15, 0.2) is 29.2 Å². The minimum absolute atomic E-state index is 0.00879. The van der Waals surface area contributed by atoms with E-state index in [-0.39, 0.29) is 10.8 Å². The zero-order chi connectivity index (χ0) is 14.5. The largest absolute Gasteiger partial charge is 0.468 e. The van der Waals surface area contributed by atoms with Crippen molar-refractivity contribution in [1.82, 2.24) is 4.72 Å². The third-order valence-corrected chi connectivity index (χ3v) is 3.54. The van der Waals surface area contributed by atoms with Crippen LogP contribution in [0.2, 0.25) is 0 Å². The summed E-state index contributed by atoms with van der Waals surface area (Å²) < 4.78 is 30.0. The Morgan fingerprint density at radius 2 is 1.79 bits per heavy atom. The molecule has 19 heavy (non-hydrogen) atoms. The maximum absolute atomic E-state index is 11.8. The lowest BCUT2D eigenvalue weighted by atomic mass is 10.3. The molecule has 0 atom stereocenters. The lowest BCUT2D eigenvalue weighted by Gasteiger charge is -2.07. The Kier molecular flexibility index (Phi) is 5.02. The molecule has 1 rings (SSSR count). The van der Waals surface area contributed by atoms with E-state index < -0.39 is 22.5 Å². The SMILES string of the molecule is COC(=O)CNS(=O)(=O)c1ccc(NC(C)=O)cc1. The van der Waals surface area contributed by atoms with Crippen molar-refractivity contribution in [2.75, 3.05) is 19.0 Å². The van der Waals surface area contributed by atoms with Crippen LogP contribution in [0.25, 0.3) is 0 Å². The lowest BCUT2D eigenvalue weighted by Crippen LogP contribution is -2.30. The van der Waals surface area contributed by atoms with E-state index in [1.54, 1.807) is 0 Å². The number of esters is 1. The minimum Gasteiger partial charge on any atom is -0.468 e. The van der Waals surface area contributed by atoms with Gasteiger partial charge in [-0.15, -0.1) is 0 Å². The number of nitrogens with one attached hydrogen (secondary N) is 2. The predicted molar refractivity (Wildman–Crippen MR) is 68.0 cm³/mol. The predicted octanol–water partition coefficient (Wildman–Crippen LogP) is 0.0963. The maximum Gasteiger partial charge on any atom is 0.320 e. The molecule has 0 saturated heterocycles. The summed E-state index contributed by atoms with van der Waals surface area (Å²) in [5.74, 6) is -0.933. The number of methoxy groups -OCH3 is 1. The first-order valence-corrected chi connectivity index (χ1v) is 6.77. The molecule has 0 fully saturated rings. The van der Waals surface area contributed by atoms with E-state index in [9.17, 15) is 18.0 Å². The summed E-state index contributed by atoms with van der Waals surface area (Å²) in [5, 5.41) is 2.51. The Bertz CT molecular complexity index is 565. The van der Waals surface area contributed by atoms with Gasteiger partial charge in [0.05, 0.1) is 12.0 Å². The van der Waals surface area contributed by atoms with Crippen LogP contribution in [0.4, 0.5) is 5.69 Å². The fraction of sp³-hybridized carbons (Fsp3) is 0.273. The summed E-state index contributed by atoms with van der Waals surface area (Å²) in [7, 11) is -2.61. The molecule has 1 aromatic carbocycles. The topological polar surface area (TPSA) is 102 Å². The van der Waals surface area contributed by atoms with Gasteiger partial charge in [-0.3, -0.25) is 9.59 Å². The second-order valence-corrected chi connectivity index (χ2v) is 5.37. The van der Waals surface area contributed by atoms with Gasteiger partial charge in [0.25, 0.3) is 0 Å². The highest BCUT2D eigenvalue weighted by atomic mass is 32.2. The number of anilines is 1. The number of hydrogen-bond donors (Lipinski definition) is 2. The van der Waals surface area contributed by atoms with Crippen LogP contribution in [0.5, 0.6) is 0 Å². The number of carbonyl (C=O) groups is 2. The molecule has 104 valence electrons. The van der Waals surface area contributed by atoms with Crippen molar-refractivity contribution >= 4 is 27.6 Å². The second kappa shape index (κ2) is 6.30. The highest BCUT2D eigenvalue weighted by Crippen LogP contribution is 2.13. The molecule has 0 aliphatic carbocycles. The molecule has 2 N–H and O–H groups in total. The number of hydrogen-bond acceptors (Lipinski definition) is 5. The van der Waals surface area contributed by atoms with Crippen molar-refractivity contribution in [3.63, 3.8) is 0 Å². The Balaban J connectivity index is 2.79. The van der Waals surface area contributed by atoms with Crippen molar-refractivity contribution in [3.8, 4) is 0 Å². The van der Waals surface area contributed by atoms with Crippen molar-refractivity contribution in [3.05, 3.63) is 24.3 Å². The maximum atomic E-state index is 11.8. The van der Waals surface area contributed by atoms with Crippen LogP contribution in [0.1, 0.15) is 6.92 Å². The number of carbonyl (C=O) groups excluding carboxylic acids is 2. The summed E-state index contributed by atoms with van der Waals surface area (Å²) in [4.78, 5) is 21.7. The summed E-state index contributed by atoms with van der Waals surface area (Å²) >= 11 is 0. The van der Waals surface area contributed by atoms with E-state index in [0.29, 0.717) is 5.69 Å². The molecule has 0 heterocycles. The summed E-state index contributed by atoms with van der Waals surface area (Å²) in [5.41, 5.74) is 0.486. The molecule has 0 aromatic heterocycles. The second-order valence-electron chi connectivity index (χ2n) is 3.61. The fourth-order valence-electron chi connectivity index (χ4n) is 1.23. The molecule has 1 amide bonds. The summed E-state index contributed by atoms with van der Waals surface area (Å²) in [6, 6.07) is 5.55. The zero-order valence-corrected chi connectivity index (χ0v) is 11.3. The third-order valence-electron chi connectivity index (χ3n) is 2.12. The van der Waals surface area contributed by atoms with Crippen LogP contribution < -0.4 is 10.0 Å². The van der Waals surface area contributed by atoms with Crippen molar-refractivity contribution < 1.29 is 22.7 Å². The molecule has 8 heteroatoms. The van der Waals surface area contributed by atoms with E-state index in [1.165, 1.54) is 38.3 Å². The molecule has 0 saturated carbocycles. The number of amides is 1. The lowest BCUT2D eigenvalue weighted by molar-refractivity contribution is -0.139. The van der Waals surface area contributed by atoms with Gasteiger partial charge in [0.15, 0.2) is 0 Å². The van der Waals surface area contributed by atoms with Crippen molar-refractivity contribution in [2.24, 2.45) is 0 Å². The molecule has 0 aliphatic rings. The van der Waals surface area contributed by atoms with E-state index in [1.807, 2.05) is 0 Å². The Morgan fingerprint density at radius 3 is 2.26 bits per heavy atom. The molecule has 0 aliphatic heterocycles. The Morgan fingerprint density at radius 1 is 1.21 bits per heavy atom. The third kappa shape index (κ3) is 4.68. The van der Waals surface area contributed by atoms with E-state index in [4.69, 9.17) is 0 Å². The molecular formula is C11H14N2O5S. The molecular weight excluding hydrogens is 272 g/mol. The smallest absolute Gasteiger partial charge is 0.320 e. The van der Waals surface area contributed by atoms with Crippen LogP contribution >= 0.6 is 0 Å². The Labute approximate surface area is 111 Å². The van der Waals surface area contributed by atoms with E-state index in [2.05, 4.69) is 14.8 Å². The summed E-state index contributed by atoms with van der Waals surface area (Å²) in [6.45, 7) is 0.912. The van der Waals surface area contributed by atoms with Gasteiger partial charge >= 0.3 is 5.97 Å². The molecule has 1 aromatic rings. The average molecular weight is 286 g/mol. The van der Waals surface area contributed by atoms with E-state index >= 15 is 0 Å². The van der Waals surface area contributed by atoms with Crippen LogP contribution in [-0.4, -0.2) is 33.9 Å². The van der Waals surface area contributed by atoms with Gasteiger partial charge < -0.3 is 10.1 Å². The number of ether oxygens (including phenoxy) is 1. The van der Waals surface area contributed by atoms with Crippen molar-refractivity contribution in [1.29, 1.82) is 0 Å². The van der Waals surface area contributed by atoms with Gasteiger partial charge in [-0.05, 0) is 24.3 Å². The van der Waals surface area contributed by atoms with Gasteiger partial charge in [-0.2, -0.15) is 4.72 Å². The molecule has 7 nitrogen and oxygen atoms in total. The van der Waals surface area contributed by atoms with Gasteiger partial charge in [-0.1, -0.05) is 0 Å². The molecule has 0 bridgehead atoms. The first-order chi connectivity index (χ1) is 8.85. The van der Waals surface area contributed by atoms with E-state index in [0.717, 1.165) is 0 Å². The quantitative estimate of drug-likeness (QED) is 0.747. The first-order valence-electron chi connectivity index (χ1n) is 5.29. The van der Waals surface area contributed by atoms with Gasteiger partial charge in [0.2, 0.25) is 15.9 Å². The van der Waals surface area contributed by atoms with Crippen LogP contribution in [-0.2, 0) is 24.3 Å². The fourth-order valence-corrected chi connectivity index (χ4v) is 2.20. The summed E-state index contributed by atoms with van der Waals surface area (Å²) in [6.07, 6.45) is 0. The Hall–Kier alpha value is -1.93. The number of sulfonamides is 1. The average Bonchev–Trinajstić information content (AvgIpc) is 2.36. The van der Waals surface area contributed by atoms with Gasteiger partial charge in [-0.25, -0.2) is 8.42 Å². The molecule has 0 spiro atoms. The molecule has 0 unspecified atom stereocenters. The number of benzene rings is 1. The highest BCUT2D eigenvalue weighted by Gasteiger charge is 2.15. The number of rotatable bonds is 5. The van der Waals surface area contributed by atoms with Crippen molar-refractivity contribution in [2.45, 2.75) is 11.8 Å². The van der Waals surface area contributed by atoms with Crippen LogP contribution in [0.3, 0.4) is 0 Å².